The van der Waals surface area contributed by atoms with Crippen molar-refractivity contribution in [2.45, 2.75) is 6.92 Å². The zero-order chi connectivity index (χ0) is 11.9. The molecule has 2 aromatic rings. The molecule has 1 aromatic heterocycles. The normalized spacial score (nSPS) is 10.6. The van der Waals surface area contributed by atoms with Gasteiger partial charge in [0, 0.05) is 13.0 Å². The lowest BCUT2D eigenvalue weighted by molar-refractivity contribution is -0.384. The van der Waals surface area contributed by atoms with Crippen molar-refractivity contribution in [3.63, 3.8) is 0 Å². The standard InChI is InChI=1S/C10H7NO5/c1-5(12)9-4-6-8(16-9)3-2-7(13)10(6)11(14)15/h2-4,13H,1H3. The zero-order valence-electron chi connectivity index (χ0n) is 8.26. The number of aromatic hydroxyl groups is 1. The minimum atomic E-state index is -0.711. The molecule has 0 saturated heterocycles. The lowest BCUT2D eigenvalue weighted by atomic mass is 10.2. The molecule has 0 bridgehead atoms. The van der Waals surface area contributed by atoms with Gasteiger partial charge < -0.3 is 9.52 Å². The average Bonchev–Trinajstić information content (AvgIpc) is 2.60. The number of nitro benzene ring substituents is 1. The van der Waals surface area contributed by atoms with E-state index >= 15 is 0 Å². The van der Waals surface area contributed by atoms with Crippen molar-refractivity contribution in [3.05, 3.63) is 34.1 Å². The van der Waals surface area contributed by atoms with E-state index in [2.05, 4.69) is 0 Å². The average molecular weight is 221 g/mol. The third kappa shape index (κ3) is 1.40. The quantitative estimate of drug-likeness (QED) is 0.476. The molecule has 0 unspecified atom stereocenters. The van der Waals surface area contributed by atoms with Gasteiger partial charge in [-0.15, -0.1) is 0 Å². The minimum Gasteiger partial charge on any atom is -0.502 e. The van der Waals surface area contributed by atoms with Crippen molar-refractivity contribution < 1.29 is 19.2 Å². The third-order valence-corrected chi connectivity index (χ3v) is 2.18. The Morgan fingerprint density at radius 2 is 2.19 bits per heavy atom. The number of furan rings is 1. The van der Waals surface area contributed by atoms with Gasteiger partial charge in [0.25, 0.3) is 0 Å². The summed E-state index contributed by atoms with van der Waals surface area (Å²) in [4.78, 5) is 21.1. The number of Topliss-reactive ketones (excluding diaryl/α,β-unsaturated/α-hetero) is 1. The van der Waals surface area contributed by atoms with Crippen LogP contribution in [0.15, 0.2) is 22.6 Å². The molecule has 1 heterocycles. The number of rotatable bonds is 2. The Labute approximate surface area is 89.2 Å². The highest BCUT2D eigenvalue weighted by Crippen LogP contribution is 2.35. The summed E-state index contributed by atoms with van der Waals surface area (Å²) < 4.78 is 5.11. The van der Waals surface area contributed by atoms with Gasteiger partial charge >= 0.3 is 5.69 Å². The fourth-order valence-corrected chi connectivity index (χ4v) is 1.45. The molecule has 82 valence electrons. The fraction of sp³-hybridized carbons (Fsp3) is 0.100. The Bertz CT molecular complexity index is 599. The first kappa shape index (κ1) is 10.2. The van der Waals surface area contributed by atoms with Gasteiger partial charge in [-0.05, 0) is 12.1 Å². The number of phenols is 1. The van der Waals surface area contributed by atoms with Crippen molar-refractivity contribution in [2.24, 2.45) is 0 Å². The molecule has 16 heavy (non-hydrogen) atoms. The van der Waals surface area contributed by atoms with Crippen LogP contribution in [0.4, 0.5) is 5.69 Å². The van der Waals surface area contributed by atoms with Gasteiger partial charge in [0.15, 0.2) is 17.3 Å². The Balaban J connectivity index is 2.82. The van der Waals surface area contributed by atoms with Crippen LogP contribution in [-0.4, -0.2) is 15.8 Å². The summed E-state index contributed by atoms with van der Waals surface area (Å²) in [5.74, 6) is -0.748. The van der Waals surface area contributed by atoms with Crippen LogP contribution in [0.2, 0.25) is 0 Å². The second kappa shape index (κ2) is 3.34. The molecule has 0 aliphatic carbocycles. The fourth-order valence-electron chi connectivity index (χ4n) is 1.45. The first-order valence-electron chi connectivity index (χ1n) is 4.41. The van der Waals surface area contributed by atoms with Crippen LogP contribution in [0.3, 0.4) is 0 Å². The van der Waals surface area contributed by atoms with Crippen LogP contribution < -0.4 is 0 Å². The van der Waals surface area contributed by atoms with E-state index in [1.54, 1.807) is 0 Å². The first-order valence-corrected chi connectivity index (χ1v) is 4.41. The van der Waals surface area contributed by atoms with E-state index in [9.17, 15) is 20.0 Å². The molecule has 0 atom stereocenters. The van der Waals surface area contributed by atoms with Gasteiger partial charge in [-0.3, -0.25) is 14.9 Å². The molecule has 0 fully saturated rings. The minimum absolute atomic E-state index is 0.0312. The molecule has 0 saturated carbocycles. The number of benzene rings is 1. The molecule has 0 radical (unpaired) electrons. The largest absolute Gasteiger partial charge is 0.502 e. The van der Waals surface area contributed by atoms with Crippen LogP contribution in [0, 0.1) is 10.1 Å². The number of fused-ring (bicyclic) bond motifs is 1. The van der Waals surface area contributed by atoms with Gasteiger partial charge in [-0.2, -0.15) is 0 Å². The van der Waals surface area contributed by atoms with Gasteiger partial charge in [-0.25, -0.2) is 0 Å². The molecule has 0 aliphatic rings. The SMILES string of the molecule is CC(=O)c1cc2c([N+](=O)[O-])c(O)ccc2o1. The first-order chi connectivity index (χ1) is 7.50. The number of nitrogens with zero attached hydrogens (tertiary/aromatic N) is 1. The van der Waals surface area contributed by atoms with Crippen molar-refractivity contribution in [3.8, 4) is 5.75 Å². The molecule has 0 amide bonds. The number of ketones is 1. The van der Waals surface area contributed by atoms with E-state index in [1.807, 2.05) is 0 Å². The number of nitro groups is 1. The van der Waals surface area contributed by atoms with Crippen LogP contribution in [-0.2, 0) is 0 Å². The maximum absolute atomic E-state index is 11.1. The highest BCUT2D eigenvalue weighted by molar-refractivity contribution is 5.99. The van der Waals surface area contributed by atoms with Crippen LogP contribution in [0.25, 0.3) is 11.0 Å². The molecule has 6 nitrogen and oxygen atoms in total. The second-order valence-corrected chi connectivity index (χ2v) is 3.27. The van der Waals surface area contributed by atoms with Gasteiger partial charge in [0.1, 0.15) is 11.0 Å². The number of carbonyl (C=O) groups excluding carboxylic acids is 1. The molecule has 1 N–H and O–H groups in total. The molecule has 0 aliphatic heterocycles. The summed E-state index contributed by atoms with van der Waals surface area (Å²) in [5.41, 5.74) is -0.247. The summed E-state index contributed by atoms with van der Waals surface area (Å²) in [5, 5.41) is 20.2. The Morgan fingerprint density at radius 1 is 1.50 bits per heavy atom. The topological polar surface area (TPSA) is 93.6 Å². The molecule has 1 aromatic carbocycles. The summed E-state index contributed by atoms with van der Waals surface area (Å²) in [7, 11) is 0. The second-order valence-electron chi connectivity index (χ2n) is 3.27. The Morgan fingerprint density at radius 3 is 2.75 bits per heavy atom. The highest BCUT2D eigenvalue weighted by Gasteiger charge is 2.22. The van der Waals surface area contributed by atoms with E-state index in [1.165, 1.54) is 19.1 Å². The van der Waals surface area contributed by atoms with Crippen molar-refractivity contribution >= 4 is 22.4 Å². The Kier molecular flexibility index (Phi) is 2.12. The van der Waals surface area contributed by atoms with Gasteiger partial charge in [0.2, 0.25) is 0 Å². The number of hydrogen-bond acceptors (Lipinski definition) is 5. The number of phenolic OH excluding ortho intramolecular Hbond substituents is 1. The lowest BCUT2D eigenvalue weighted by Gasteiger charge is -1.95. The van der Waals surface area contributed by atoms with Crippen molar-refractivity contribution in [1.29, 1.82) is 0 Å². The number of carbonyl (C=O) groups is 1. The van der Waals surface area contributed by atoms with Gasteiger partial charge in [-0.1, -0.05) is 0 Å². The maximum Gasteiger partial charge on any atom is 0.321 e. The predicted octanol–water partition coefficient (Wildman–Crippen LogP) is 2.25. The maximum atomic E-state index is 11.1. The Hall–Kier alpha value is -2.37. The molecule has 2 rings (SSSR count). The van der Waals surface area contributed by atoms with Crippen LogP contribution >= 0.6 is 0 Å². The van der Waals surface area contributed by atoms with Crippen molar-refractivity contribution in [1.82, 2.24) is 0 Å². The molecule has 0 spiro atoms. The monoisotopic (exact) mass is 221 g/mol. The van der Waals surface area contributed by atoms with E-state index in [-0.39, 0.29) is 22.5 Å². The predicted molar refractivity (Wildman–Crippen MR) is 54.5 cm³/mol. The van der Waals surface area contributed by atoms with Gasteiger partial charge in [0.05, 0.1) is 4.92 Å². The molecular formula is C10H7NO5. The summed E-state index contributed by atoms with van der Waals surface area (Å²) >= 11 is 0. The molecule has 6 heteroatoms. The summed E-state index contributed by atoms with van der Waals surface area (Å²) in [6.07, 6.45) is 0. The van der Waals surface area contributed by atoms with Crippen LogP contribution in [0.5, 0.6) is 5.75 Å². The van der Waals surface area contributed by atoms with E-state index in [0.717, 1.165) is 6.07 Å². The lowest BCUT2D eigenvalue weighted by Crippen LogP contribution is -1.89. The van der Waals surface area contributed by atoms with E-state index in [4.69, 9.17) is 4.42 Å². The zero-order valence-corrected chi connectivity index (χ0v) is 8.26. The summed E-state index contributed by atoms with van der Waals surface area (Å²) in [6, 6.07) is 3.80. The van der Waals surface area contributed by atoms with E-state index in [0.29, 0.717) is 0 Å². The number of hydrogen-bond donors (Lipinski definition) is 1. The summed E-state index contributed by atoms with van der Waals surface area (Å²) in [6.45, 7) is 1.30. The smallest absolute Gasteiger partial charge is 0.321 e. The highest BCUT2D eigenvalue weighted by atomic mass is 16.6. The third-order valence-electron chi connectivity index (χ3n) is 2.18. The van der Waals surface area contributed by atoms with E-state index < -0.39 is 16.4 Å². The van der Waals surface area contributed by atoms with Crippen LogP contribution in [0.1, 0.15) is 17.5 Å². The van der Waals surface area contributed by atoms with Crippen molar-refractivity contribution in [2.75, 3.05) is 0 Å². The molecular weight excluding hydrogens is 214 g/mol.